The van der Waals surface area contributed by atoms with Crippen molar-refractivity contribution in [3.63, 3.8) is 0 Å². The molecule has 1 heterocycles. The molecule has 1 atom stereocenters. The van der Waals surface area contributed by atoms with Gasteiger partial charge in [0, 0.05) is 30.5 Å². The molecule has 0 saturated carbocycles. The van der Waals surface area contributed by atoms with Crippen molar-refractivity contribution >= 4 is 11.4 Å². The Morgan fingerprint density at radius 1 is 1.10 bits per heavy atom. The fraction of sp³-hybridized carbons (Fsp3) is 0.647. The van der Waals surface area contributed by atoms with Crippen molar-refractivity contribution in [2.45, 2.75) is 39.2 Å². The predicted molar refractivity (Wildman–Crippen MR) is 88.8 cm³/mol. The smallest absolute Gasteiger partial charge is 0.0367 e. The standard InChI is InChI=1S/C17H29N3/c1-4-20(5-2)17-10-8-16(9-11-17)18-15-7-6-13-19(3)14-12-15/h8-11,15,18H,4-7,12-14H2,1-3H3. The largest absolute Gasteiger partial charge is 0.382 e. The molecular formula is C17H29N3. The zero-order chi connectivity index (χ0) is 14.4. The Kier molecular flexibility index (Phi) is 5.72. The molecule has 1 fully saturated rings. The van der Waals surface area contributed by atoms with E-state index >= 15 is 0 Å². The van der Waals surface area contributed by atoms with Gasteiger partial charge in [-0.1, -0.05) is 0 Å². The van der Waals surface area contributed by atoms with Crippen LogP contribution in [0.4, 0.5) is 11.4 Å². The van der Waals surface area contributed by atoms with E-state index in [1.807, 2.05) is 0 Å². The van der Waals surface area contributed by atoms with E-state index < -0.39 is 0 Å². The first-order valence-corrected chi connectivity index (χ1v) is 8.03. The Morgan fingerprint density at radius 2 is 1.80 bits per heavy atom. The van der Waals surface area contributed by atoms with Gasteiger partial charge in [-0.15, -0.1) is 0 Å². The maximum absolute atomic E-state index is 3.70. The summed E-state index contributed by atoms with van der Waals surface area (Å²) in [6.45, 7) is 8.99. The van der Waals surface area contributed by atoms with Gasteiger partial charge in [-0.05, 0) is 77.5 Å². The minimum atomic E-state index is 0.624. The first kappa shape index (κ1) is 15.2. The van der Waals surface area contributed by atoms with Crippen LogP contribution in [0.15, 0.2) is 24.3 Å². The maximum Gasteiger partial charge on any atom is 0.0367 e. The Hall–Kier alpha value is -1.22. The van der Waals surface area contributed by atoms with Crippen LogP contribution in [0, 0.1) is 0 Å². The highest BCUT2D eigenvalue weighted by Gasteiger charge is 2.14. The monoisotopic (exact) mass is 275 g/mol. The summed E-state index contributed by atoms with van der Waals surface area (Å²) in [6.07, 6.45) is 3.82. The summed E-state index contributed by atoms with van der Waals surface area (Å²) in [4.78, 5) is 4.82. The molecule has 2 rings (SSSR count). The lowest BCUT2D eigenvalue weighted by molar-refractivity contribution is 0.348. The van der Waals surface area contributed by atoms with Crippen molar-refractivity contribution in [1.29, 1.82) is 0 Å². The molecule has 0 amide bonds. The predicted octanol–water partition coefficient (Wildman–Crippen LogP) is 3.43. The van der Waals surface area contributed by atoms with Gasteiger partial charge in [0.1, 0.15) is 0 Å². The molecule has 1 aromatic carbocycles. The van der Waals surface area contributed by atoms with Gasteiger partial charge < -0.3 is 15.1 Å². The second-order valence-electron chi connectivity index (χ2n) is 5.79. The van der Waals surface area contributed by atoms with Crippen LogP contribution < -0.4 is 10.2 Å². The molecule has 1 N–H and O–H groups in total. The summed E-state index contributed by atoms with van der Waals surface area (Å²) in [5.74, 6) is 0. The Bertz CT molecular complexity index is 384. The average molecular weight is 275 g/mol. The molecule has 1 saturated heterocycles. The number of nitrogens with zero attached hydrogens (tertiary/aromatic N) is 2. The third kappa shape index (κ3) is 4.14. The quantitative estimate of drug-likeness (QED) is 0.888. The van der Waals surface area contributed by atoms with Gasteiger partial charge in [0.25, 0.3) is 0 Å². The molecule has 0 spiro atoms. The average Bonchev–Trinajstić information content (AvgIpc) is 2.67. The van der Waals surface area contributed by atoms with E-state index in [-0.39, 0.29) is 0 Å². The minimum absolute atomic E-state index is 0.624. The number of benzene rings is 1. The van der Waals surface area contributed by atoms with Crippen molar-refractivity contribution in [3.05, 3.63) is 24.3 Å². The fourth-order valence-corrected chi connectivity index (χ4v) is 2.98. The minimum Gasteiger partial charge on any atom is -0.382 e. The molecule has 20 heavy (non-hydrogen) atoms. The van der Waals surface area contributed by atoms with Crippen LogP contribution in [-0.2, 0) is 0 Å². The lowest BCUT2D eigenvalue weighted by Crippen LogP contribution is -2.23. The summed E-state index contributed by atoms with van der Waals surface area (Å²) in [5.41, 5.74) is 2.58. The number of likely N-dealkylation sites (tertiary alicyclic amines) is 1. The lowest BCUT2D eigenvalue weighted by atomic mass is 10.1. The van der Waals surface area contributed by atoms with Crippen molar-refractivity contribution in [1.82, 2.24) is 4.90 Å². The van der Waals surface area contributed by atoms with Crippen molar-refractivity contribution in [3.8, 4) is 0 Å². The highest BCUT2D eigenvalue weighted by Crippen LogP contribution is 2.20. The van der Waals surface area contributed by atoms with Crippen LogP contribution >= 0.6 is 0 Å². The summed E-state index contributed by atoms with van der Waals surface area (Å²) in [5, 5.41) is 3.70. The van der Waals surface area contributed by atoms with Crippen LogP contribution in [0.1, 0.15) is 33.1 Å². The third-order valence-corrected chi connectivity index (χ3v) is 4.32. The van der Waals surface area contributed by atoms with Gasteiger partial charge >= 0.3 is 0 Å². The second-order valence-corrected chi connectivity index (χ2v) is 5.79. The Balaban J connectivity index is 1.93. The summed E-state index contributed by atoms with van der Waals surface area (Å²) in [7, 11) is 2.22. The SMILES string of the molecule is CCN(CC)c1ccc(NC2CCCN(C)CC2)cc1. The summed E-state index contributed by atoms with van der Waals surface area (Å²) >= 11 is 0. The third-order valence-electron chi connectivity index (χ3n) is 4.32. The number of nitrogens with one attached hydrogen (secondary N) is 1. The first-order chi connectivity index (χ1) is 9.72. The number of anilines is 2. The van der Waals surface area contributed by atoms with E-state index in [9.17, 15) is 0 Å². The number of hydrogen-bond donors (Lipinski definition) is 1. The molecule has 1 aromatic rings. The van der Waals surface area contributed by atoms with E-state index in [2.05, 4.69) is 60.3 Å². The number of rotatable bonds is 5. The van der Waals surface area contributed by atoms with Crippen molar-refractivity contribution in [2.24, 2.45) is 0 Å². The van der Waals surface area contributed by atoms with E-state index in [1.165, 1.54) is 43.7 Å². The van der Waals surface area contributed by atoms with E-state index in [4.69, 9.17) is 0 Å². The molecule has 0 aliphatic carbocycles. The summed E-state index contributed by atoms with van der Waals surface area (Å²) in [6, 6.07) is 9.54. The zero-order valence-electron chi connectivity index (χ0n) is 13.2. The lowest BCUT2D eigenvalue weighted by Gasteiger charge is -2.22. The Morgan fingerprint density at radius 3 is 2.45 bits per heavy atom. The fourth-order valence-electron chi connectivity index (χ4n) is 2.98. The highest BCUT2D eigenvalue weighted by atomic mass is 15.1. The van der Waals surface area contributed by atoms with Crippen LogP contribution in [-0.4, -0.2) is 44.2 Å². The molecule has 0 bridgehead atoms. The van der Waals surface area contributed by atoms with Gasteiger partial charge in [0.15, 0.2) is 0 Å². The van der Waals surface area contributed by atoms with Gasteiger partial charge in [0.2, 0.25) is 0 Å². The van der Waals surface area contributed by atoms with Crippen LogP contribution in [0.3, 0.4) is 0 Å². The van der Waals surface area contributed by atoms with E-state index in [0.717, 1.165) is 13.1 Å². The zero-order valence-corrected chi connectivity index (χ0v) is 13.2. The van der Waals surface area contributed by atoms with Gasteiger partial charge in [-0.2, -0.15) is 0 Å². The summed E-state index contributed by atoms with van der Waals surface area (Å²) < 4.78 is 0. The molecule has 0 aromatic heterocycles. The molecular weight excluding hydrogens is 246 g/mol. The van der Waals surface area contributed by atoms with Crippen molar-refractivity contribution in [2.75, 3.05) is 43.4 Å². The molecule has 1 unspecified atom stereocenters. The molecule has 3 nitrogen and oxygen atoms in total. The molecule has 112 valence electrons. The first-order valence-electron chi connectivity index (χ1n) is 8.03. The second kappa shape index (κ2) is 7.53. The molecule has 1 aliphatic heterocycles. The maximum atomic E-state index is 3.70. The topological polar surface area (TPSA) is 18.5 Å². The molecule has 3 heteroatoms. The number of hydrogen-bond acceptors (Lipinski definition) is 3. The van der Waals surface area contributed by atoms with Crippen LogP contribution in [0.5, 0.6) is 0 Å². The van der Waals surface area contributed by atoms with Gasteiger partial charge in [0.05, 0.1) is 0 Å². The molecule has 1 aliphatic rings. The van der Waals surface area contributed by atoms with Crippen molar-refractivity contribution < 1.29 is 0 Å². The normalized spacial score (nSPS) is 20.4. The molecule has 0 radical (unpaired) electrons. The van der Waals surface area contributed by atoms with Crippen LogP contribution in [0.25, 0.3) is 0 Å². The highest BCUT2D eigenvalue weighted by molar-refractivity contribution is 5.55. The van der Waals surface area contributed by atoms with E-state index in [0.29, 0.717) is 6.04 Å². The Labute approximate surface area is 124 Å². The van der Waals surface area contributed by atoms with Gasteiger partial charge in [-0.25, -0.2) is 0 Å². The van der Waals surface area contributed by atoms with Gasteiger partial charge in [-0.3, -0.25) is 0 Å². The van der Waals surface area contributed by atoms with E-state index in [1.54, 1.807) is 0 Å². The van der Waals surface area contributed by atoms with Crippen LogP contribution in [0.2, 0.25) is 0 Å².